The van der Waals surface area contributed by atoms with Gasteiger partial charge in [0.25, 0.3) is 0 Å². The molecule has 0 unspecified atom stereocenters. The van der Waals surface area contributed by atoms with Crippen LogP contribution in [0.3, 0.4) is 0 Å². The molecule has 2 rings (SSSR count). The van der Waals surface area contributed by atoms with E-state index >= 15 is 0 Å². The van der Waals surface area contributed by atoms with Gasteiger partial charge in [-0.05, 0) is 37.7 Å². The first-order valence-electron chi connectivity index (χ1n) is 8.55. The molecule has 8 heteroatoms. The Balaban J connectivity index is 0.00000312. The summed E-state index contributed by atoms with van der Waals surface area (Å²) in [6, 6.07) is 10.6. The van der Waals surface area contributed by atoms with Gasteiger partial charge in [-0.2, -0.15) is 0 Å². The second-order valence-corrected chi connectivity index (χ2v) is 7.96. The molecule has 0 aliphatic carbocycles. The van der Waals surface area contributed by atoms with Crippen LogP contribution in [-0.4, -0.2) is 51.2 Å². The lowest BCUT2D eigenvalue weighted by Gasteiger charge is -2.34. The molecule has 0 spiro atoms. The van der Waals surface area contributed by atoms with Crippen LogP contribution in [0.25, 0.3) is 0 Å². The number of piperidine rings is 1. The van der Waals surface area contributed by atoms with E-state index in [1.54, 1.807) is 0 Å². The average Bonchev–Trinajstić information content (AvgIpc) is 2.55. The van der Waals surface area contributed by atoms with Crippen LogP contribution in [0.5, 0.6) is 0 Å². The van der Waals surface area contributed by atoms with Gasteiger partial charge in [-0.15, -0.1) is 24.0 Å². The van der Waals surface area contributed by atoms with E-state index in [2.05, 4.69) is 39.5 Å². The number of aliphatic imine (C=N–C) groups is 1. The van der Waals surface area contributed by atoms with Crippen LogP contribution in [0.4, 0.5) is 0 Å². The SMILES string of the molecule is CCNC(=NCCS(N)(=O)=O)N1CCC(Cc2ccccc2)CC1.I. The molecule has 0 aromatic heterocycles. The number of primary sulfonamides is 1. The third-order valence-corrected chi connectivity index (χ3v) is 5.01. The van der Waals surface area contributed by atoms with E-state index in [0.717, 1.165) is 44.9 Å². The Hall–Kier alpha value is -0.870. The molecule has 0 radical (unpaired) electrons. The first-order chi connectivity index (χ1) is 11.5. The maximum absolute atomic E-state index is 11.0. The molecule has 142 valence electrons. The van der Waals surface area contributed by atoms with Crippen molar-refractivity contribution in [3.8, 4) is 0 Å². The van der Waals surface area contributed by atoms with Crippen molar-refractivity contribution < 1.29 is 8.42 Å². The molecule has 0 amide bonds. The van der Waals surface area contributed by atoms with Gasteiger partial charge in [0, 0.05) is 19.6 Å². The number of hydrogen-bond acceptors (Lipinski definition) is 3. The van der Waals surface area contributed by atoms with Crippen LogP contribution >= 0.6 is 24.0 Å². The second kappa shape index (κ2) is 11.0. The summed E-state index contributed by atoms with van der Waals surface area (Å²) in [5.41, 5.74) is 1.39. The zero-order valence-corrected chi connectivity index (χ0v) is 17.9. The highest BCUT2D eigenvalue weighted by Gasteiger charge is 2.21. The highest BCUT2D eigenvalue weighted by atomic mass is 127. The molecule has 0 saturated carbocycles. The molecule has 0 atom stereocenters. The Morgan fingerprint density at radius 2 is 1.92 bits per heavy atom. The monoisotopic (exact) mass is 480 g/mol. The summed E-state index contributed by atoms with van der Waals surface area (Å²) >= 11 is 0. The summed E-state index contributed by atoms with van der Waals surface area (Å²) in [6.45, 7) is 4.86. The number of guanidine groups is 1. The minimum absolute atomic E-state index is 0. The lowest BCUT2D eigenvalue weighted by Crippen LogP contribution is -2.46. The van der Waals surface area contributed by atoms with Gasteiger partial charge in [-0.25, -0.2) is 13.6 Å². The number of likely N-dealkylation sites (tertiary alicyclic amines) is 1. The maximum Gasteiger partial charge on any atom is 0.210 e. The summed E-state index contributed by atoms with van der Waals surface area (Å²) in [5.74, 6) is 1.36. The van der Waals surface area contributed by atoms with Crippen molar-refractivity contribution in [3.05, 3.63) is 35.9 Å². The Kier molecular flexibility index (Phi) is 9.73. The van der Waals surface area contributed by atoms with Crippen LogP contribution in [0.15, 0.2) is 35.3 Å². The third-order valence-electron chi connectivity index (χ3n) is 4.25. The first kappa shape index (κ1) is 22.2. The Morgan fingerprint density at radius 3 is 2.48 bits per heavy atom. The molecular weight excluding hydrogens is 451 g/mol. The van der Waals surface area contributed by atoms with Crippen molar-refractivity contribution in [2.24, 2.45) is 16.0 Å². The smallest absolute Gasteiger partial charge is 0.210 e. The van der Waals surface area contributed by atoms with Gasteiger partial charge in [0.05, 0.1) is 12.3 Å². The van der Waals surface area contributed by atoms with Crippen molar-refractivity contribution in [2.45, 2.75) is 26.2 Å². The Morgan fingerprint density at radius 1 is 1.28 bits per heavy atom. The molecule has 6 nitrogen and oxygen atoms in total. The fourth-order valence-electron chi connectivity index (χ4n) is 3.00. The van der Waals surface area contributed by atoms with Crippen molar-refractivity contribution >= 4 is 40.0 Å². The molecule has 1 aromatic rings. The van der Waals surface area contributed by atoms with Gasteiger partial charge in [-0.3, -0.25) is 4.99 Å². The molecule has 1 aliphatic rings. The first-order valence-corrected chi connectivity index (χ1v) is 10.3. The van der Waals surface area contributed by atoms with E-state index in [1.807, 2.05) is 13.0 Å². The number of halogens is 1. The van der Waals surface area contributed by atoms with Gasteiger partial charge in [0.1, 0.15) is 0 Å². The largest absolute Gasteiger partial charge is 0.357 e. The second-order valence-electron chi connectivity index (χ2n) is 6.22. The Bertz CT molecular complexity index is 629. The van der Waals surface area contributed by atoms with Gasteiger partial charge in [0.15, 0.2) is 5.96 Å². The zero-order valence-electron chi connectivity index (χ0n) is 14.7. The summed E-state index contributed by atoms with van der Waals surface area (Å²) in [6.07, 6.45) is 3.36. The van der Waals surface area contributed by atoms with Gasteiger partial charge >= 0.3 is 0 Å². The van der Waals surface area contributed by atoms with E-state index in [4.69, 9.17) is 5.14 Å². The molecule has 1 saturated heterocycles. The zero-order chi connectivity index (χ0) is 17.4. The highest BCUT2D eigenvalue weighted by Crippen LogP contribution is 2.21. The van der Waals surface area contributed by atoms with Crippen LogP contribution in [0.2, 0.25) is 0 Å². The van der Waals surface area contributed by atoms with Crippen molar-refractivity contribution in [2.75, 3.05) is 31.9 Å². The highest BCUT2D eigenvalue weighted by molar-refractivity contribution is 14.0. The Labute approximate surface area is 168 Å². The number of nitrogens with two attached hydrogens (primary N) is 1. The maximum atomic E-state index is 11.0. The van der Waals surface area contributed by atoms with E-state index in [9.17, 15) is 8.42 Å². The molecule has 1 fully saturated rings. The van der Waals surface area contributed by atoms with E-state index in [-0.39, 0.29) is 36.3 Å². The number of nitrogens with one attached hydrogen (secondary N) is 1. The summed E-state index contributed by atoms with van der Waals surface area (Å²) in [4.78, 5) is 6.62. The number of benzene rings is 1. The van der Waals surface area contributed by atoms with Crippen molar-refractivity contribution in [1.82, 2.24) is 10.2 Å². The molecule has 25 heavy (non-hydrogen) atoms. The predicted octanol–water partition coefficient (Wildman–Crippen LogP) is 1.81. The summed E-state index contributed by atoms with van der Waals surface area (Å²) < 4.78 is 22.1. The fraction of sp³-hybridized carbons (Fsp3) is 0.588. The average molecular weight is 480 g/mol. The van der Waals surface area contributed by atoms with E-state index in [1.165, 1.54) is 5.56 Å². The van der Waals surface area contributed by atoms with E-state index < -0.39 is 10.0 Å². The minimum atomic E-state index is -3.46. The molecule has 0 bridgehead atoms. The predicted molar refractivity (Wildman–Crippen MR) is 114 cm³/mol. The third kappa shape index (κ3) is 8.37. The van der Waals surface area contributed by atoms with Crippen LogP contribution in [-0.2, 0) is 16.4 Å². The summed E-state index contributed by atoms with van der Waals surface area (Å²) in [7, 11) is -3.46. The quantitative estimate of drug-likeness (QED) is 0.370. The van der Waals surface area contributed by atoms with Crippen LogP contribution in [0.1, 0.15) is 25.3 Å². The molecular formula is C17H29IN4O2S. The molecule has 1 aliphatic heterocycles. The number of sulfonamides is 1. The van der Waals surface area contributed by atoms with Crippen LogP contribution in [0, 0.1) is 5.92 Å². The lowest BCUT2D eigenvalue weighted by atomic mass is 9.90. The molecule has 3 N–H and O–H groups in total. The normalized spacial score (nSPS) is 16.4. The van der Waals surface area contributed by atoms with Gasteiger partial charge in [-0.1, -0.05) is 30.3 Å². The van der Waals surface area contributed by atoms with Crippen molar-refractivity contribution in [1.29, 1.82) is 0 Å². The minimum Gasteiger partial charge on any atom is -0.357 e. The number of hydrogen-bond donors (Lipinski definition) is 2. The van der Waals surface area contributed by atoms with E-state index in [0.29, 0.717) is 5.92 Å². The molecule has 1 aromatic carbocycles. The number of nitrogens with zero attached hydrogens (tertiary/aromatic N) is 2. The lowest BCUT2D eigenvalue weighted by molar-refractivity contribution is 0.259. The number of rotatable bonds is 6. The van der Waals surface area contributed by atoms with Crippen LogP contribution < -0.4 is 10.5 Å². The van der Waals surface area contributed by atoms with Crippen molar-refractivity contribution in [3.63, 3.8) is 0 Å². The standard InChI is InChI=1S/C17H28N4O2S.HI/c1-2-19-17(20-10-13-24(18,22)23)21-11-8-16(9-12-21)14-15-6-4-3-5-7-15;/h3-7,16H,2,8-14H2,1H3,(H,19,20)(H2,18,22,23);1H. The fourth-order valence-corrected chi connectivity index (χ4v) is 3.35. The van der Waals surface area contributed by atoms with Gasteiger partial charge in [0.2, 0.25) is 10.0 Å². The van der Waals surface area contributed by atoms with Gasteiger partial charge < -0.3 is 10.2 Å². The topological polar surface area (TPSA) is 87.8 Å². The summed E-state index contributed by atoms with van der Waals surface area (Å²) in [5, 5.41) is 8.28. The molecule has 1 heterocycles.